The van der Waals surface area contributed by atoms with Crippen molar-refractivity contribution in [3.63, 3.8) is 0 Å². The summed E-state index contributed by atoms with van der Waals surface area (Å²) in [6, 6.07) is 3.71. The Balaban J connectivity index is 2.39. The molecule has 2 aromatic heterocycles. The maximum atomic E-state index is 12.5. The molecule has 0 aliphatic rings. The SMILES string of the molecule is CCO/C=C(\C)C(=O)Nc1cc2cc(CCC(C)(C)O)nn2cc1C(C)(C)O. The standard InChI is InChI=1S/C21H31N3O4/c1-7-28-13-14(2)19(25)22-18-11-16-10-15(8-9-20(3,4)26)23-24(16)12-17(18)21(5,6)27/h10-13,26-27H,7-9H2,1-6H3,(H,22,25)/b14-13+. The summed E-state index contributed by atoms with van der Waals surface area (Å²) in [6.07, 6.45) is 4.35. The Kier molecular flexibility index (Phi) is 6.52. The monoisotopic (exact) mass is 389 g/mol. The maximum absolute atomic E-state index is 12.5. The van der Waals surface area contributed by atoms with E-state index in [1.54, 1.807) is 51.4 Å². The van der Waals surface area contributed by atoms with Crippen molar-refractivity contribution in [2.75, 3.05) is 11.9 Å². The lowest BCUT2D eigenvalue weighted by atomic mass is 9.98. The van der Waals surface area contributed by atoms with Crippen molar-refractivity contribution in [1.82, 2.24) is 9.61 Å². The second-order valence-electron chi connectivity index (χ2n) is 8.19. The molecule has 3 N–H and O–H groups in total. The average molecular weight is 389 g/mol. The van der Waals surface area contributed by atoms with Gasteiger partial charge in [0.1, 0.15) is 0 Å². The van der Waals surface area contributed by atoms with Crippen LogP contribution in [0, 0.1) is 0 Å². The van der Waals surface area contributed by atoms with E-state index in [0.717, 1.165) is 11.2 Å². The molecule has 2 heterocycles. The van der Waals surface area contributed by atoms with Crippen LogP contribution in [-0.2, 0) is 21.6 Å². The van der Waals surface area contributed by atoms with Crippen LogP contribution in [0.15, 0.2) is 30.2 Å². The van der Waals surface area contributed by atoms with Crippen molar-refractivity contribution >= 4 is 17.1 Å². The van der Waals surface area contributed by atoms with Gasteiger partial charge in [-0.05, 0) is 66.5 Å². The fourth-order valence-electron chi connectivity index (χ4n) is 2.72. The number of hydrogen-bond acceptors (Lipinski definition) is 5. The van der Waals surface area contributed by atoms with Crippen molar-refractivity contribution in [2.24, 2.45) is 0 Å². The van der Waals surface area contributed by atoms with E-state index in [1.807, 2.05) is 13.0 Å². The van der Waals surface area contributed by atoms with Gasteiger partial charge in [0.15, 0.2) is 0 Å². The minimum atomic E-state index is -1.17. The highest BCUT2D eigenvalue weighted by Gasteiger charge is 2.23. The molecule has 0 saturated carbocycles. The molecule has 0 bridgehead atoms. The summed E-state index contributed by atoms with van der Waals surface area (Å²) in [5, 5.41) is 27.9. The number of amides is 1. The molecule has 2 rings (SSSR count). The fourth-order valence-corrected chi connectivity index (χ4v) is 2.72. The molecule has 0 atom stereocenters. The Morgan fingerprint density at radius 1 is 1.29 bits per heavy atom. The summed E-state index contributed by atoms with van der Waals surface area (Å²) in [4.78, 5) is 12.5. The van der Waals surface area contributed by atoms with E-state index in [4.69, 9.17) is 4.74 Å². The van der Waals surface area contributed by atoms with E-state index < -0.39 is 11.2 Å². The number of fused-ring (bicyclic) bond motifs is 1. The minimum Gasteiger partial charge on any atom is -0.501 e. The zero-order valence-corrected chi connectivity index (χ0v) is 17.5. The first-order valence-corrected chi connectivity index (χ1v) is 9.48. The molecule has 0 aliphatic carbocycles. The first-order chi connectivity index (χ1) is 12.9. The number of carbonyl (C=O) groups is 1. The van der Waals surface area contributed by atoms with Crippen molar-refractivity contribution < 1.29 is 19.7 Å². The molecule has 0 aromatic carbocycles. The predicted molar refractivity (Wildman–Crippen MR) is 109 cm³/mol. The van der Waals surface area contributed by atoms with Crippen LogP contribution in [0.3, 0.4) is 0 Å². The summed E-state index contributed by atoms with van der Waals surface area (Å²) in [6.45, 7) is 10.8. The number of nitrogens with one attached hydrogen (secondary N) is 1. The Morgan fingerprint density at radius 3 is 2.54 bits per heavy atom. The molecule has 0 spiro atoms. The molecule has 7 heteroatoms. The van der Waals surface area contributed by atoms with Crippen LogP contribution in [-0.4, -0.2) is 37.9 Å². The zero-order valence-electron chi connectivity index (χ0n) is 17.5. The van der Waals surface area contributed by atoms with Crippen LogP contribution in [0.2, 0.25) is 0 Å². The molecular formula is C21H31N3O4. The van der Waals surface area contributed by atoms with Crippen LogP contribution in [0.25, 0.3) is 5.52 Å². The van der Waals surface area contributed by atoms with Crippen LogP contribution in [0.5, 0.6) is 0 Å². The fraction of sp³-hybridized carbons (Fsp3) is 0.524. The van der Waals surface area contributed by atoms with Crippen LogP contribution in [0.4, 0.5) is 5.69 Å². The Labute approximate surface area is 166 Å². The largest absolute Gasteiger partial charge is 0.501 e. The van der Waals surface area contributed by atoms with Crippen molar-refractivity contribution in [1.29, 1.82) is 0 Å². The van der Waals surface area contributed by atoms with Gasteiger partial charge in [0.05, 0.1) is 41.0 Å². The molecule has 154 valence electrons. The van der Waals surface area contributed by atoms with Gasteiger partial charge in [-0.2, -0.15) is 5.10 Å². The second kappa shape index (κ2) is 8.32. The van der Waals surface area contributed by atoms with E-state index in [9.17, 15) is 15.0 Å². The number of aliphatic hydroxyl groups is 2. The number of rotatable bonds is 8. The number of hydrogen-bond donors (Lipinski definition) is 3. The molecule has 0 fully saturated rings. The molecule has 0 unspecified atom stereocenters. The summed E-state index contributed by atoms with van der Waals surface area (Å²) in [5.41, 5.74) is 1.19. The number of aryl methyl sites for hydroxylation is 1. The summed E-state index contributed by atoms with van der Waals surface area (Å²) in [7, 11) is 0. The van der Waals surface area contributed by atoms with Crippen LogP contribution in [0.1, 0.15) is 59.2 Å². The van der Waals surface area contributed by atoms with Gasteiger partial charge in [-0.25, -0.2) is 4.52 Å². The van der Waals surface area contributed by atoms with E-state index in [-0.39, 0.29) is 5.91 Å². The third-order valence-electron chi connectivity index (χ3n) is 4.33. The van der Waals surface area contributed by atoms with Crippen molar-refractivity contribution in [3.05, 3.63) is 41.4 Å². The predicted octanol–water partition coefficient (Wildman–Crippen LogP) is 3.14. The Bertz CT molecular complexity index is 870. The number of ether oxygens (including phenoxy) is 1. The van der Waals surface area contributed by atoms with Gasteiger partial charge in [-0.15, -0.1) is 0 Å². The third kappa shape index (κ3) is 5.81. The average Bonchev–Trinajstić information content (AvgIpc) is 2.97. The second-order valence-corrected chi connectivity index (χ2v) is 8.19. The lowest BCUT2D eigenvalue weighted by molar-refractivity contribution is -0.112. The number of pyridine rings is 1. The summed E-state index contributed by atoms with van der Waals surface area (Å²) < 4.78 is 6.86. The quantitative estimate of drug-likeness (QED) is 0.476. The van der Waals surface area contributed by atoms with Gasteiger partial charge in [0, 0.05) is 17.3 Å². The van der Waals surface area contributed by atoms with E-state index in [2.05, 4.69) is 10.4 Å². The number of nitrogens with zero attached hydrogens (tertiary/aromatic N) is 2. The number of anilines is 1. The molecule has 7 nitrogen and oxygen atoms in total. The van der Waals surface area contributed by atoms with Crippen LogP contribution < -0.4 is 5.32 Å². The van der Waals surface area contributed by atoms with Gasteiger partial charge in [0.25, 0.3) is 5.91 Å². The maximum Gasteiger partial charge on any atom is 0.254 e. The van der Waals surface area contributed by atoms with Crippen LogP contribution >= 0.6 is 0 Å². The van der Waals surface area contributed by atoms with E-state index >= 15 is 0 Å². The summed E-state index contributed by atoms with van der Waals surface area (Å²) >= 11 is 0. The molecule has 1 amide bonds. The summed E-state index contributed by atoms with van der Waals surface area (Å²) in [5.74, 6) is -0.301. The van der Waals surface area contributed by atoms with E-state index in [0.29, 0.717) is 36.3 Å². The Morgan fingerprint density at radius 2 is 1.96 bits per heavy atom. The molecule has 0 aliphatic heterocycles. The van der Waals surface area contributed by atoms with Gasteiger partial charge >= 0.3 is 0 Å². The lowest BCUT2D eigenvalue weighted by Gasteiger charge is -2.22. The molecule has 28 heavy (non-hydrogen) atoms. The smallest absolute Gasteiger partial charge is 0.254 e. The molecular weight excluding hydrogens is 358 g/mol. The first-order valence-electron chi connectivity index (χ1n) is 9.48. The molecule has 0 radical (unpaired) electrons. The van der Waals surface area contributed by atoms with Crippen molar-refractivity contribution in [3.8, 4) is 0 Å². The van der Waals surface area contributed by atoms with Gasteiger partial charge in [-0.1, -0.05) is 0 Å². The highest BCUT2D eigenvalue weighted by Crippen LogP contribution is 2.30. The Hall–Kier alpha value is -2.38. The topological polar surface area (TPSA) is 96.1 Å². The molecule has 0 saturated heterocycles. The first kappa shape index (κ1) is 21.9. The molecule has 2 aromatic rings. The van der Waals surface area contributed by atoms with Crippen molar-refractivity contribution in [2.45, 2.75) is 65.6 Å². The van der Waals surface area contributed by atoms with Gasteiger partial charge in [-0.3, -0.25) is 4.79 Å². The highest BCUT2D eigenvalue weighted by atomic mass is 16.5. The lowest BCUT2D eigenvalue weighted by Crippen LogP contribution is -2.22. The number of aromatic nitrogens is 2. The normalized spacial score (nSPS) is 13.1. The van der Waals surface area contributed by atoms with E-state index in [1.165, 1.54) is 6.26 Å². The third-order valence-corrected chi connectivity index (χ3v) is 4.33. The minimum absolute atomic E-state index is 0.301. The highest BCUT2D eigenvalue weighted by molar-refractivity contribution is 6.03. The zero-order chi connectivity index (χ0) is 21.1. The van der Waals surface area contributed by atoms with Gasteiger partial charge < -0.3 is 20.3 Å². The van der Waals surface area contributed by atoms with Gasteiger partial charge in [0.2, 0.25) is 0 Å². The number of carbonyl (C=O) groups excluding carboxylic acids is 1.